The van der Waals surface area contributed by atoms with E-state index in [-0.39, 0.29) is 0 Å². The van der Waals surface area contributed by atoms with Gasteiger partial charge in [0.25, 0.3) is 0 Å². The van der Waals surface area contributed by atoms with Crippen molar-refractivity contribution in [1.29, 1.82) is 0 Å². The lowest BCUT2D eigenvalue weighted by Gasteiger charge is -2.38. The molecule has 1 unspecified atom stereocenters. The van der Waals surface area contributed by atoms with E-state index >= 15 is 0 Å². The van der Waals surface area contributed by atoms with Gasteiger partial charge in [0.05, 0.1) is 0 Å². The standard InChI is InChI=1S/C18H28BrN/c1-13(14-5-9-16(19)10-6-14)20-17-11-7-15(8-12-17)18(2,3)4/h5-6,9-10,13,15,17,20H,7-8,11-12H2,1-4H3. The van der Waals surface area contributed by atoms with Crippen LogP contribution in [0.2, 0.25) is 0 Å². The van der Waals surface area contributed by atoms with Crippen LogP contribution >= 0.6 is 15.9 Å². The summed E-state index contributed by atoms with van der Waals surface area (Å²) < 4.78 is 1.15. The number of rotatable bonds is 3. The molecule has 2 heteroatoms. The second-order valence-electron chi connectivity index (χ2n) is 7.35. The lowest BCUT2D eigenvalue weighted by atomic mass is 9.71. The minimum absolute atomic E-state index is 0.444. The smallest absolute Gasteiger partial charge is 0.0294 e. The molecule has 1 aromatic rings. The number of hydrogen-bond acceptors (Lipinski definition) is 1. The van der Waals surface area contributed by atoms with E-state index in [0.717, 1.165) is 10.4 Å². The van der Waals surface area contributed by atoms with Gasteiger partial charge in [-0.15, -0.1) is 0 Å². The Bertz CT molecular complexity index is 410. The maximum absolute atomic E-state index is 3.81. The Hall–Kier alpha value is -0.340. The molecule has 20 heavy (non-hydrogen) atoms. The highest BCUT2D eigenvalue weighted by Crippen LogP contribution is 2.38. The molecule has 1 nitrogen and oxygen atoms in total. The molecule has 2 rings (SSSR count). The molecule has 0 aromatic heterocycles. The molecular formula is C18H28BrN. The van der Waals surface area contributed by atoms with Crippen molar-refractivity contribution in [3.05, 3.63) is 34.3 Å². The first-order valence-corrected chi connectivity index (χ1v) is 8.67. The Morgan fingerprint density at radius 1 is 1.05 bits per heavy atom. The largest absolute Gasteiger partial charge is 0.307 e. The summed E-state index contributed by atoms with van der Waals surface area (Å²) >= 11 is 3.50. The van der Waals surface area contributed by atoms with Crippen LogP contribution in [0.4, 0.5) is 0 Å². The summed E-state index contributed by atoms with van der Waals surface area (Å²) in [5.74, 6) is 0.892. The average molecular weight is 338 g/mol. The predicted octanol–water partition coefficient (Wildman–Crippen LogP) is 5.70. The van der Waals surface area contributed by atoms with Crippen molar-refractivity contribution in [2.75, 3.05) is 0 Å². The third kappa shape index (κ3) is 4.33. The van der Waals surface area contributed by atoms with Gasteiger partial charge in [0.1, 0.15) is 0 Å². The first-order valence-electron chi connectivity index (χ1n) is 7.88. The lowest BCUT2D eigenvalue weighted by Crippen LogP contribution is -2.37. The topological polar surface area (TPSA) is 12.0 Å². The molecule has 0 amide bonds. The quantitative estimate of drug-likeness (QED) is 0.745. The molecule has 1 N–H and O–H groups in total. The van der Waals surface area contributed by atoms with E-state index in [0.29, 0.717) is 17.5 Å². The van der Waals surface area contributed by atoms with Gasteiger partial charge >= 0.3 is 0 Å². The van der Waals surface area contributed by atoms with Crippen LogP contribution in [-0.2, 0) is 0 Å². The second-order valence-corrected chi connectivity index (χ2v) is 8.27. The van der Waals surface area contributed by atoms with E-state index in [9.17, 15) is 0 Å². The number of hydrogen-bond donors (Lipinski definition) is 1. The molecule has 0 aliphatic heterocycles. The zero-order valence-corrected chi connectivity index (χ0v) is 14.8. The predicted molar refractivity (Wildman–Crippen MR) is 90.9 cm³/mol. The summed E-state index contributed by atoms with van der Waals surface area (Å²) in [6.45, 7) is 9.43. The zero-order chi connectivity index (χ0) is 14.8. The molecule has 1 atom stereocenters. The van der Waals surface area contributed by atoms with Gasteiger partial charge in [0, 0.05) is 16.6 Å². The number of benzene rings is 1. The van der Waals surface area contributed by atoms with Crippen LogP contribution < -0.4 is 5.32 Å². The third-order valence-electron chi connectivity index (χ3n) is 4.81. The van der Waals surface area contributed by atoms with Crippen molar-refractivity contribution >= 4 is 15.9 Å². The van der Waals surface area contributed by atoms with Gasteiger partial charge in [0.2, 0.25) is 0 Å². The molecule has 112 valence electrons. The third-order valence-corrected chi connectivity index (χ3v) is 5.34. The van der Waals surface area contributed by atoms with Gasteiger partial charge in [-0.05, 0) is 61.6 Å². The van der Waals surface area contributed by atoms with Crippen LogP contribution in [0.15, 0.2) is 28.7 Å². The summed E-state index contributed by atoms with van der Waals surface area (Å²) in [6.07, 6.45) is 5.38. The van der Waals surface area contributed by atoms with Crippen LogP contribution in [0.3, 0.4) is 0 Å². The van der Waals surface area contributed by atoms with E-state index in [1.165, 1.54) is 31.2 Å². The molecule has 1 aliphatic rings. The minimum Gasteiger partial charge on any atom is -0.307 e. The fourth-order valence-corrected chi connectivity index (χ4v) is 3.59. The molecule has 1 aliphatic carbocycles. The Labute approximate surface area is 132 Å². The fourth-order valence-electron chi connectivity index (χ4n) is 3.33. The van der Waals surface area contributed by atoms with Crippen molar-refractivity contribution in [3.8, 4) is 0 Å². The van der Waals surface area contributed by atoms with Crippen molar-refractivity contribution in [1.82, 2.24) is 5.32 Å². The normalized spacial score (nSPS) is 25.4. The van der Waals surface area contributed by atoms with E-state index in [1.54, 1.807) is 0 Å². The number of nitrogens with one attached hydrogen (secondary N) is 1. The summed E-state index contributed by atoms with van der Waals surface area (Å²) in [4.78, 5) is 0. The Kier molecular flexibility index (Phi) is 5.30. The van der Waals surface area contributed by atoms with Gasteiger partial charge in [0.15, 0.2) is 0 Å². The van der Waals surface area contributed by atoms with Crippen molar-refractivity contribution in [2.24, 2.45) is 11.3 Å². The maximum Gasteiger partial charge on any atom is 0.0294 e. The molecule has 0 spiro atoms. The number of halogens is 1. The van der Waals surface area contributed by atoms with Crippen molar-refractivity contribution < 1.29 is 0 Å². The molecule has 1 aromatic carbocycles. The van der Waals surface area contributed by atoms with Gasteiger partial charge in [-0.3, -0.25) is 0 Å². The summed E-state index contributed by atoms with van der Waals surface area (Å²) in [6, 6.07) is 9.81. The van der Waals surface area contributed by atoms with E-state index in [1.807, 2.05) is 0 Å². The maximum atomic E-state index is 3.81. The summed E-state index contributed by atoms with van der Waals surface area (Å²) in [5, 5.41) is 3.81. The SMILES string of the molecule is CC(NC1CCC(C(C)(C)C)CC1)c1ccc(Br)cc1. The Morgan fingerprint density at radius 3 is 2.10 bits per heavy atom. The van der Waals surface area contributed by atoms with Crippen LogP contribution in [0, 0.1) is 11.3 Å². The molecule has 0 saturated heterocycles. The Balaban J connectivity index is 1.85. The van der Waals surface area contributed by atoms with Gasteiger partial charge < -0.3 is 5.32 Å². The zero-order valence-electron chi connectivity index (χ0n) is 13.2. The average Bonchev–Trinajstić information content (AvgIpc) is 2.39. The second kappa shape index (κ2) is 6.62. The minimum atomic E-state index is 0.444. The highest BCUT2D eigenvalue weighted by atomic mass is 79.9. The monoisotopic (exact) mass is 337 g/mol. The van der Waals surface area contributed by atoms with E-state index in [4.69, 9.17) is 0 Å². The molecule has 1 saturated carbocycles. The lowest BCUT2D eigenvalue weighted by molar-refractivity contribution is 0.157. The van der Waals surface area contributed by atoms with Gasteiger partial charge in [-0.2, -0.15) is 0 Å². The van der Waals surface area contributed by atoms with Crippen LogP contribution in [-0.4, -0.2) is 6.04 Å². The molecule has 0 heterocycles. The molecule has 0 bridgehead atoms. The molecule has 1 fully saturated rings. The highest BCUT2D eigenvalue weighted by molar-refractivity contribution is 9.10. The van der Waals surface area contributed by atoms with E-state index in [2.05, 4.69) is 73.2 Å². The fraction of sp³-hybridized carbons (Fsp3) is 0.667. The van der Waals surface area contributed by atoms with Gasteiger partial charge in [-0.25, -0.2) is 0 Å². The van der Waals surface area contributed by atoms with Gasteiger partial charge in [-0.1, -0.05) is 48.8 Å². The highest BCUT2D eigenvalue weighted by Gasteiger charge is 2.29. The summed E-state index contributed by atoms with van der Waals surface area (Å²) in [5.41, 5.74) is 1.86. The van der Waals surface area contributed by atoms with Crippen LogP contribution in [0.25, 0.3) is 0 Å². The molecule has 0 radical (unpaired) electrons. The first-order chi connectivity index (χ1) is 9.36. The first kappa shape index (κ1) is 16.0. The van der Waals surface area contributed by atoms with E-state index < -0.39 is 0 Å². The molecular weight excluding hydrogens is 310 g/mol. The van der Waals surface area contributed by atoms with Crippen molar-refractivity contribution in [3.63, 3.8) is 0 Å². The van der Waals surface area contributed by atoms with Crippen LogP contribution in [0.5, 0.6) is 0 Å². The Morgan fingerprint density at radius 2 is 1.60 bits per heavy atom. The van der Waals surface area contributed by atoms with Crippen molar-refractivity contribution in [2.45, 2.75) is 65.5 Å². The van der Waals surface area contributed by atoms with Crippen LogP contribution in [0.1, 0.15) is 65.0 Å². The summed E-state index contributed by atoms with van der Waals surface area (Å²) in [7, 11) is 0.